The number of nitro groups is 1. The molecule has 1 aromatic carbocycles. The van der Waals surface area contributed by atoms with E-state index in [9.17, 15) is 14.9 Å². The van der Waals surface area contributed by atoms with E-state index in [0.29, 0.717) is 12.2 Å². The summed E-state index contributed by atoms with van der Waals surface area (Å²) in [6.45, 7) is 2.31. The number of hydrogen-bond donors (Lipinski definition) is 1. The summed E-state index contributed by atoms with van der Waals surface area (Å²) in [6.07, 6.45) is 0. The SMILES string of the molecule is Cc1nc(-c2ccc(CNC(=O)c3cc([N+](=O)[O-])ccc3N(C)C)s2)cs1. The average Bonchev–Trinajstić information content (AvgIpc) is 3.27. The molecule has 2 aromatic heterocycles. The molecule has 7 nitrogen and oxygen atoms in total. The number of anilines is 1. The third kappa shape index (κ3) is 4.32. The first-order valence-corrected chi connectivity index (χ1v) is 9.80. The molecule has 0 unspecified atom stereocenters. The van der Waals surface area contributed by atoms with Crippen molar-refractivity contribution in [2.45, 2.75) is 13.5 Å². The number of carbonyl (C=O) groups excluding carboxylic acids is 1. The lowest BCUT2D eigenvalue weighted by atomic mass is 10.1. The minimum atomic E-state index is -0.502. The third-order valence-electron chi connectivity index (χ3n) is 3.87. The van der Waals surface area contributed by atoms with Gasteiger partial charge in [0, 0.05) is 42.2 Å². The standard InChI is InChI=1S/C18H18N4O3S2/c1-11-20-15(10-26-11)17-7-5-13(27-17)9-19-18(23)14-8-12(22(24)25)4-6-16(14)21(2)3/h4-8,10H,9H2,1-3H3,(H,19,23). The summed E-state index contributed by atoms with van der Waals surface area (Å²) in [5.74, 6) is -0.346. The zero-order chi connectivity index (χ0) is 19.6. The molecule has 3 aromatic rings. The molecule has 0 saturated heterocycles. The number of nitrogens with one attached hydrogen (secondary N) is 1. The number of benzene rings is 1. The van der Waals surface area contributed by atoms with Gasteiger partial charge in [-0.3, -0.25) is 14.9 Å². The minimum Gasteiger partial charge on any atom is -0.377 e. The molecule has 0 saturated carbocycles. The average molecular weight is 403 g/mol. The van der Waals surface area contributed by atoms with E-state index in [4.69, 9.17) is 0 Å². The number of aromatic nitrogens is 1. The molecule has 0 aliphatic carbocycles. The van der Waals surface area contributed by atoms with Gasteiger partial charge in [-0.05, 0) is 25.1 Å². The van der Waals surface area contributed by atoms with E-state index >= 15 is 0 Å². The van der Waals surface area contributed by atoms with Gasteiger partial charge in [-0.25, -0.2) is 4.98 Å². The Hall–Kier alpha value is -2.78. The lowest BCUT2D eigenvalue weighted by molar-refractivity contribution is -0.384. The molecular formula is C18H18N4O3S2. The number of hydrogen-bond acceptors (Lipinski definition) is 7. The van der Waals surface area contributed by atoms with Crippen molar-refractivity contribution in [3.8, 4) is 10.6 Å². The highest BCUT2D eigenvalue weighted by Gasteiger charge is 2.18. The Kier molecular flexibility index (Phi) is 5.52. The van der Waals surface area contributed by atoms with Crippen molar-refractivity contribution >= 4 is 40.0 Å². The van der Waals surface area contributed by atoms with Crippen LogP contribution >= 0.6 is 22.7 Å². The van der Waals surface area contributed by atoms with Crippen molar-refractivity contribution in [3.63, 3.8) is 0 Å². The number of nitro benzene ring substituents is 1. The van der Waals surface area contributed by atoms with Gasteiger partial charge in [0.15, 0.2) is 0 Å². The molecule has 9 heteroatoms. The molecule has 0 atom stereocenters. The van der Waals surface area contributed by atoms with E-state index in [1.165, 1.54) is 12.1 Å². The highest BCUT2D eigenvalue weighted by Crippen LogP contribution is 2.29. The zero-order valence-corrected chi connectivity index (χ0v) is 16.7. The van der Waals surface area contributed by atoms with Crippen LogP contribution in [-0.4, -0.2) is 29.9 Å². The second kappa shape index (κ2) is 7.85. The first kappa shape index (κ1) is 19.0. The van der Waals surface area contributed by atoms with Crippen molar-refractivity contribution in [2.24, 2.45) is 0 Å². The molecule has 3 rings (SSSR count). The molecule has 1 N–H and O–H groups in total. The smallest absolute Gasteiger partial charge is 0.270 e. The van der Waals surface area contributed by atoms with Crippen molar-refractivity contribution < 1.29 is 9.72 Å². The number of nitrogens with zero attached hydrogens (tertiary/aromatic N) is 3. The maximum Gasteiger partial charge on any atom is 0.270 e. The Morgan fingerprint density at radius 3 is 2.70 bits per heavy atom. The molecule has 1 amide bonds. The third-order valence-corrected chi connectivity index (χ3v) is 5.75. The maximum atomic E-state index is 12.6. The van der Waals surface area contributed by atoms with Gasteiger partial charge in [-0.15, -0.1) is 22.7 Å². The Morgan fingerprint density at radius 1 is 1.30 bits per heavy atom. The molecule has 140 valence electrons. The molecular weight excluding hydrogens is 384 g/mol. The molecule has 0 spiro atoms. The largest absolute Gasteiger partial charge is 0.377 e. The molecule has 0 aliphatic heterocycles. The van der Waals surface area contributed by atoms with E-state index in [1.54, 1.807) is 47.7 Å². The predicted molar refractivity (Wildman–Crippen MR) is 109 cm³/mol. The van der Waals surface area contributed by atoms with E-state index < -0.39 is 4.92 Å². The van der Waals surface area contributed by atoms with Gasteiger partial charge in [-0.1, -0.05) is 0 Å². The summed E-state index contributed by atoms with van der Waals surface area (Å²) in [6, 6.07) is 8.23. The van der Waals surface area contributed by atoms with Gasteiger partial charge >= 0.3 is 0 Å². The van der Waals surface area contributed by atoms with E-state index in [0.717, 1.165) is 20.5 Å². The van der Waals surface area contributed by atoms with Crippen molar-refractivity contribution in [2.75, 3.05) is 19.0 Å². The van der Waals surface area contributed by atoms with Gasteiger partial charge in [0.25, 0.3) is 11.6 Å². The van der Waals surface area contributed by atoms with E-state index in [2.05, 4.69) is 10.3 Å². The van der Waals surface area contributed by atoms with Crippen LogP contribution < -0.4 is 10.2 Å². The quantitative estimate of drug-likeness (QED) is 0.496. The lowest BCUT2D eigenvalue weighted by Crippen LogP contribution is -2.25. The fraction of sp³-hybridized carbons (Fsp3) is 0.222. The van der Waals surface area contributed by atoms with E-state index in [-0.39, 0.29) is 17.2 Å². The number of non-ortho nitro benzene ring substituents is 1. The Bertz CT molecular complexity index is 994. The van der Waals surface area contributed by atoms with Crippen molar-refractivity contribution in [3.05, 3.63) is 61.3 Å². The topological polar surface area (TPSA) is 88.4 Å². The number of amides is 1. The van der Waals surface area contributed by atoms with Gasteiger partial charge in [-0.2, -0.15) is 0 Å². The minimum absolute atomic E-state index is 0.108. The van der Waals surface area contributed by atoms with Gasteiger partial charge < -0.3 is 10.2 Å². The fourth-order valence-electron chi connectivity index (χ4n) is 2.56. The van der Waals surface area contributed by atoms with Crippen molar-refractivity contribution in [1.29, 1.82) is 0 Å². The second-order valence-corrected chi connectivity index (χ2v) is 8.28. The summed E-state index contributed by atoms with van der Waals surface area (Å²) in [7, 11) is 3.58. The number of aryl methyl sites for hydroxylation is 1. The molecule has 27 heavy (non-hydrogen) atoms. The van der Waals surface area contributed by atoms with Crippen LogP contribution in [0.3, 0.4) is 0 Å². The van der Waals surface area contributed by atoms with Crippen LogP contribution in [-0.2, 0) is 6.54 Å². The van der Waals surface area contributed by atoms with Crippen molar-refractivity contribution in [1.82, 2.24) is 10.3 Å². The second-order valence-electron chi connectivity index (χ2n) is 6.05. The maximum absolute atomic E-state index is 12.6. The molecule has 2 heterocycles. The fourth-order valence-corrected chi connectivity index (χ4v) is 4.15. The van der Waals surface area contributed by atoms with Crippen LogP contribution in [0.5, 0.6) is 0 Å². The van der Waals surface area contributed by atoms with Crippen LogP contribution in [0.25, 0.3) is 10.6 Å². The number of thiophene rings is 1. The van der Waals surface area contributed by atoms with Crippen LogP contribution in [0.15, 0.2) is 35.7 Å². The Balaban J connectivity index is 1.75. The summed E-state index contributed by atoms with van der Waals surface area (Å²) in [4.78, 5) is 31.4. The monoisotopic (exact) mass is 402 g/mol. The van der Waals surface area contributed by atoms with Gasteiger partial charge in [0.1, 0.15) is 0 Å². The van der Waals surface area contributed by atoms with Crippen LogP contribution in [0.1, 0.15) is 20.2 Å². The summed E-state index contributed by atoms with van der Waals surface area (Å²) >= 11 is 3.16. The van der Waals surface area contributed by atoms with Gasteiger partial charge in [0.05, 0.1) is 32.6 Å². The number of rotatable bonds is 6. The molecule has 0 fully saturated rings. The predicted octanol–water partition coefficient (Wildman–Crippen LogP) is 4.08. The first-order chi connectivity index (χ1) is 12.8. The zero-order valence-electron chi connectivity index (χ0n) is 15.1. The first-order valence-electron chi connectivity index (χ1n) is 8.10. The highest BCUT2D eigenvalue weighted by molar-refractivity contribution is 7.16. The summed E-state index contributed by atoms with van der Waals surface area (Å²) in [5.41, 5.74) is 1.74. The molecule has 0 aliphatic rings. The Morgan fingerprint density at radius 2 is 2.07 bits per heavy atom. The highest BCUT2D eigenvalue weighted by atomic mass is 32.1. The number of thiazole rings is 1. The summed E-state index contributed by atoms with van der Waals surface area (Å²) < 4.78 is 0. The van der Waals surface area contributed by atoms with Crippen LogP contribution in [0, 0.1) is 17.0 Å². The lowest BCUT2D eigenvalue weighted by Gasteiger charge is -2.16. The Labute approximate surface area is 164 Å². The normalized spacial score (nSPS) is 10.6. The van der Waals surface area contributed by atoms with Crippen LogP contribution in [0.4, 0.5) is 11.4 Å². The number of carbonyl (C=O) groups is 1. The molecule has 0 radical (unpaired) electrons. The molecule has 0 bridgehead atoms. The van der Waals surface area contributed by atoms with E-state index in [1.807, 2.05) is 24.4 Å². The summed E-state index contributed by atoms with van der Waals surface area (Å²) in [5, 5.41) is 16.9. The van der Waals surface area contributed by atoms with Crippen LogP contribution in [0.2, 0.25) is 0 Å². The van der Waals surface area contributed by atoms with Gasteiger partial charge in [0.2, 0.25) is 0 Å².